The summed E-state index contributed by atoms with van der Waals surface area (Å²) in [4.78, 5) is 10.5. The lowest BCUT2D eigenvalue weighted by Crippen LogP contribution is -2.24. The number of nitrogens with two attached hydrogens (primary N) is 1. The van der Waals surface area contributed by atoms with Gasteiger partial charge < -0.3 is 10.2 Å². The Labute approximate surface area is 98.3 Å². The van der Waals surface area contributed by atoms with Crippen LogP contribution in [0.4, 0.5) is 4.79 Å². The molecule has 2 rings (SSSR count). The van der Waals surface area contributed by atoms with E-state index < -0.39 is 6.03 Å². The van der Waals surface area contributed by atoms with Gasteiger partial charge in [0.25, 0.3) is 0 Å². The highest BCUT2D eigenvalue weighted by atomic mass is 16.3. The predicted octanol–water partition coefficient (Wildman–Crippen LogP) is 2.00. The number of amides is 2. The number of furan rings is 1. The third-order valence-electron chi connectivity index (χ3n) is 2.40. The number of hydrogen-bond donors (Lipinski definition) is 2. The summed E-state index contributed by atoms with van der Waals surface area (Å²) < 4.78 is 5.67. The minimum Gasteiger partial charge on any atom is -0.460 e. The van der Waals surface area contributed by atoms with E-state index in [2.05, 4.69) is 10.5 Å². The molecule has 0 aliphatic carbocycles. The van der Waals surface area contributed by atoms with E-state index in [4.69, 9.17) is 10.2 Å². The van der Waals surface area contributed by atoms with Gasteiger partial charge in [0.15, 0.2) is 0 Å². The van der Waals surface area contributed by atoms with Gasteiger partial charge in [-0.1, -0.05) is 25.1 Å². The number of carbonyl (C=O) groups is 1. The van der Waals surface area contributed by atoms with E-state index in [1.54, 1.807) is 6.21 Å². The molecule has 1 aromatic heterocycles. The van der Waals surface area contributed by atoms with Crippen molar-refractivity contribution in [3.05, 3.63) is 35.6 Å². The first-order chi connectivity index (χ1) is 8.22. The Bertz CT molecular complexity index is 572. The zero-order valence-electron chi connectivity index (χ0n) is 9.43. The summed E-state index contributed by atoms with van der Waals surface area (Å²) in [6.07, 6.45) is 2.31. The lowest BCUT2D eigenvalue weighted by molar-refractivity contribution is 0.249. The molecule has 5 nitrogen and oxygen atoms in total. The van der Waals surface area contributed by atoms with Gasteiger partial charge in [0.05, 0.1) is 6.21 Å². The highest BCUT2D eigenvalue weighted by Crippen LogP contribution is 2.24. The molecule has 0 aliphatic heterocycles. The first kappa shape index (κ1) is 11.2. The van der Waals surface area contributed by atoms with Crippen LogP contribution in [0.5, 0.6) is 0 Å². The number of urea groups is 1. The summed E-state index contributed by atoms with van der Waals surface area (Å²) in [6, 6.07) is 6.99. The minimum absolute atomic E-state index is 0.688. The molecule has 0 atom stereocenters. The van der Waals surface area contributed by atoms with E-state index in [-0.39, 0.29) is 0 Å². The van der Waals surface area contributed by atoms with E-state index >= 15 is 0 Å². The maximum absolute atomic E-state index is 10.5. The number of primary amides is 1. The van der Waals surface area contributed by atoms with E-state index in [1.165, 1.54) is 0 Å². The van der Waals surface area contributed by atoms with Gasteiger partial charge in [-0.05, 0) is 6.07 Å². The normalized spacial score (nSPS) is 11.1. The van der Waals surface area contributed by atoms with Crippen molar-refractivity contribution in [2.24, 2.45) is 10.8 Å². The lowest BCUT2D eigenvalue weighted by Gasteiger charge is -1.93. The molecule has 0 bridgehead atoms. The van der Waals surface area contributed by atoms with Gasteiger partial charge in [0, 0.05) is 17.4 Å². The fraction of sp³-hybridized carbons (Fsp3) is 0.167. The Kier molecular flexibility index (Phi) is 3.09. The molecule has 0 unspecified atom stereocenters. The van der Waals surface area contributed by atoms with Crippen LogP contribution in [0.1, 0.15) is 18.2 Å². The molecule has 17 heavy (non-hydrogen) atoms. The van der Waals surface area contributed by atoms with Gasteiger partial charge in [-0.3, -0.25) is 0 Å². The van der Waals surface area contributed by atoms with Crippen LogP contribution < -0.4 is 11.2 Å². The van der Waals surface area contributed by atoms with Gasteiger partial charge in [-0.2, -0.15) is 5.10 Å². The third-order valence-corrected chi connectivity index (χ3v) is 2.40. The van der Waals surface area contributed by atoms with Crippen molar-refractivity contribution in [2.45, 2.75) is 13.3 Å². The van der Waals surface area contributed by atoms with Crippen molar-refractivity contribution >= 4 is 23.2 Å². The van der Waals surface area contributed by atoms with Crippen LogP contribution in [0.25, 0.3) is 11.0 Å². The second-order valence-corrected chi connectivity index (χ2v) is 3.52. The van der Waals surface area contributed by atoms with Gasteiger partial charge in [0.2, 0.25) is 0 Å². The molecule has 88 valence electrons. The summed E-state index contributed by atoms with van der Waals surface area (Å²) in [5.41, 5.74) is 8.78. The molecule has 0 saturated carbocycles. The maximum Gasteiger partial charge on any atom is 0.332 e. The molecule has 0 fully saturated rings. The second kappa shape index (κ2) is 4.69. The molecule has 0 spiro atoms. The van der Waals surface area contributed by atoms with Crippen LogP contribution >= 0.6 is 0 Å². The Morgan fingerprint density at radius 3 is 3.00 bits per heavy atom. The maximum atomic E-state index is 10.5. The number of hydrazone groups is 1. The zero-order valence-corrected chi connectivity index (χ0v) is 9.43. The molecular formula is C12H13N3O2. The Morgan fingerprint density at radius 1 is 1.53 bits per heavy atom. The van der Waals surface area contributed by atoms with Crippen LogP contribution in [0.15, 0.2) is 33.8 Å². The zero-order chi connectivity index (χ0) is 12.3. The average molecular weight is 231 g/mol. The number of hydrogen-bond acceptors (Lipinski definition) is 3. The van der Waals surface area contributed by atoms with Crippen LogP contribution in [-0.2, 0) is 6.42 Å². The van der Waals surface area contributed by atoms with Crippen molar-refractivity contribution in [3.8, 4) is 0 Å². The molecular weight excluding hydrogens is 218 g/mol. The van der Waals surface area contributed by atoms with Gasteiger partial charge >= 0.3 is 6.03 Å². The molecule has 1 aromatic carbocycles. The quantitative estimate of drug-likeness (QED) is 0.625. The number of aryl methyl sites for hydroxylation is 1. The van der Waals surface area contributed by atoms with Crippen molar-refractivity contribution in [1.82, 2.24) is 5.43 Å². The van der Waals surface area contributed by atoms with Crippen molar-refractivity contribution in [3.63, 3.8) is 0 Å². The van der Waals surface area contributed by atoms with Crippen LogP contribution in [0.3, 0.4) is 0 Å². The van der Waals surface area contributed by atoms with Crippen LogP contribution in [0, 0.1) is 0 Å². The largest absolute Gasteiger partial charge is 0.460 e. The average Bonchev–Trinajstić information content (AvgIpc) is 2.67. The SMILES string of the molecule is CCc1oc2ccccc2c1/C=N\NC(N)=O. The van der Waals surface area contributed by atoms with Gasteiger partial charge in [-0.25, -0.2) is 10.2 Å². The predicted molar refractivity (Wildman–Crippen MR) is 65.9 cm³/mol. The van der Waals surface area contributed by atoms with E-state index in [0.29, 0.717) is 0 Å². The highest BCUT2D eigenvalue weighted by molar-refractivity contribution is 5.99. The van der Waals surface area contributed by atoms with Crippen LogP contribution in [-0.4, -0.2) is 12.2 Å². The molecule has 5 heteroatoms. The van der Waals surface area contributed by atoms with E-state index in [0.717, 1.165) is 28.7 Å². The molecule has 2 aromatic rings. The molecule has 1 heterocycles. The Morgan fingerprint density at radius 2 is 2.29 bits per heavy atom. The van der Waals surface area contributed by atoms with Gasteiger partial charge in [-0.15, -0.1) is 0 Å². The molecule has 0 saturated heterocycles. The first-order valence-electron chi connectivity index (χ1n) is 5.31. The number of rotatable bonds is 3. The van der Waals surface area contributed by atoms with Crippen molar-refractivity contribution < 1.29 is 9.21 Å². The number of nitrogens with zero attached hydrogens (tertiary/aromatic N) is 1. The fourth-order valence-corrected chi connectivity index (χ4v) is 1.68. The summed E-state index contributed by atoms with van der Waals surface area (Å²) in [5, 5.41) is 4.73. The number of nitrogens with one attached hydrogen (secondary N) is 1. The van der Waals surface area contributed by atoms with Gasteiger partial charge in [0.1, 0.15) is 11.3 Å². The van der Waals surface area contributed by atoms with Crippen molar-refractivity contribution in [2.75, 3.05) is 0 Å². The second-order valence-electron chi connectivity index (χ2n) is 3.52. The topological polar surface area (TPSA) is 80.6 Å². The Balaban J connectivity index is 2.43. The summed E-state index contributed by atoms with van der Waals surface area (Å²) in [6.45, 7) is 2.00. The Hall–Kier alpha value is -2.30. The standard InChI is InChI=1S/C12H13N3O2/c1-2-10-9(7-14-15-12(13)16)8-5-3-4-6-11(8)17-10/h3-7H,2H2,1H3,(H3,13,15,16)/b14-7-. The molecule has 0 aliphatic rings. The van der Waals surface area contributed by atoms with E-state index in [9.17, 15) is 4.79 Å². The smallest absolute Gasteiger partial charge is 0.332 e. The highest BCUT2D eigenvalue weighted by Gasteiger charge is 2.10. The summed E-state index contributed by atoms with van der Waals surface area (Å²) in [7, 11) is 0. The third kappa shape index (κ3) is 2.28. The van der Waals surface area contributed by atoms with Crippen molar-refractivity contribution in [1.29, 1.82) is 0 Å². The van der Waals surface area contributed by atoms with Crippen LogP contribution in [0.2, 0.25) is 0 Å². The number of para-hydroxylation sites is 1. The summed E-state index contributed by atoms with van der Waals surface area (Å²) in [5.74, 6) is 0.834. The number of fused-ring (bicyclic) bond motifs is 1. The minimum atomic E-state index is -0.688. The first-order valence-corrected chi connectivity index (χ1v) is 5.31. The molecule has 2 amide bonds. The lowest BCUT2D eigenvalue weighted by atomic mass is 10.1. The number of carbonyl (C=O) groups excluding carboxylic acids is 1. The molecule has 0 radical (unpaired) electrons. The summed E-state index contributed by atoms with van der Waals surface area (Å²) >= 11 is 0. The van der Waals surface area contributed by atoms with E-state index in [1.807, 2.05) is 31.2 Å². The number of benzene rings is 1. The fourth-order valence-electron chi connectivity index (χ4n) is 1.68. The molecule has 3 N–H and O–H groups in total. The monoisotopic (exact) mass is 231 g/mol.